The first-order valence-electron chi connectivity index (χ1n) is 7.20. The van der Waals surface area contributed by atoms with E-state index < -0.39 is 23.6 Å². The molecule has 6 heteroatoms. The Morgan fingerprint density at radius 2 is 1.96 bits per heavy atom. The SMILES string of the molecule is Cc1c(CC(=O)O)c(=O)c2cc(F)ccc2n1-c1ccccc1Br. The van der Waals surface area contributed by atoms with Gasteiger partial charge in [0.05, 0.1) is 17.6 Å². The lowest BCUT2D eigenvalue weighted by Gasteiger charge is -2.19. The molecule has 3 aromatic rings. The lowest BCUT2D eigenvalue weighted by Crippen LogP contribution is -2.21. The highest BCUT2D eigenvalue weighted by atomic mass is 79.9. The average Bonchev–Trinajstić information content (AvgIpc) is 2.53. The highest BCUT2D eigenvalue weighted by molar-refractivity contribution is 9.10. The number of hydrogen-bond acceptors (Lipinski definition) is 2. The second kappa shape index (κ2) is 6.20. The first kappa shape index (κ1) is 16.4. The Bertz CT molecular complexity index is 1030. The van der Waals surface area contributed by atoms with Crippen LogP contribution < -0.4 is 5.43 Å². The van der Waals surface area contributed by atoms with Crippen LogP contribution in [0.1, 0.15) is 11.3 Å². The van der Waals surface area contributed by atoms with Crippen molar-refractivity contribution in [3.05, 3.63) is 74.2 Å². The van der Waals surface area contributed by atoms with Gasteiger partial charge in [0.1, 0.15) is 5.82 Å². The number of benzene rings is 2. The molecular formula is C18H13BrFNO3. The van der Waals surface area contributed by atoms with Gasteiger partial charge in [0.15, 0.2) is 5.43 Å². The van der Waals surface area contributed by atoms with Gasteiger partial charge in [-0.2, -0.15) is 0 Å². The van der Waals surface area contributed by atoms with Gasteiger partial charge in [0.2, 0.25) is 0 Å². The third kappa shape index (κ3) is 2.73. The molecule has 0 unspecified atom stereocenters. The standard InChI is InChI=1S/C18H13BrFNO3/c1-10-12(9-17(22)23)18(24)13-8-11(20)6-7-15(13)21(10)16-5-3-2-4-14(16)19/h2-8H,9H2,1H3,(H,22,23). The van der Waals surface area contributed by atoms with E-state index in [2.05, 4.69) is 15.9 Å². The molecule has 0 saturated heterocycles. The van der Waals surface area contributed by atoms with Gasteiger partial charge in [-0.25, -0.2) is 4.39 Å². The van der Waals surface area contributed by atoms with Crippen molar-refractivity contribution < 1.29 is 14.3 Å². The summed E-state index contributed by atoms with van der Waals surface area (Å²) in [5, 5.41) is 9.29. The van der Waals surface area contributed by atoms with Gasteiger partial charge >= 0.3 is 5.97 Å². The first-order chi connectivity index (χ1) is 11.4. The zero-order chi connectivity index (χ0) is 17.4. The number of halogens is 2. The lowest BCUT2D eigenvalue weighted by molar-refractivity contribution is -0.136. The highest BCUT2D eigenvalue weighted by Crippen LogP contribution is 2.27. The summed E-state index contributed by atoms with van der Waals surface area (Å²) in [6.45, 7) is 1.70. The smallest absolute Gasteiger partial charge is 0.308 e. The number of carbonyl (C=O) groups is 1. The molecule has 0 atom stereocenters. The number of fused-ring (bicyclic) bond motifs is 1. The Kier molecular flexibility index (Phi) is 4.24. The minimum absolute atomic E-state index is 0.149. The molecule has 1 heterocycles. The topological polar surface area (TPSA) is 59.3 Å². The molecule has 0 amide bonds. The molecule has 0 radical (unpaired) electrons. The van der Waals surface area contributed by atoms with Crippen LogP contribution in [0.4, 0.5) is 4.39 Å². The van der Waals surface area contributed by atoms with Crippen molar-refractivity contribution >= 4 is 32.8 Å². The second-order valence-corrected chi connectivity index (χ2v) is 6.27. The maximum Gasteiger partial charge on any atom is 0.308 e. The molecule has 0 saturated carbocycles. The predicted octanol–water partition coefficient (Wildman–Crippen LogP) is 3.83. The van der Waals surface area contributed by atoms with Gasteiger partial charge < -0.3 is 9.67 Å². The number of pyridine rings is 1. The molecule has 0 aliphatic heterocycles. The number of aliphatic carboxylic acids is 1. The van der Waals surface area contributed by atoms with E-state index in [1.165, 1.54) is 12.1 Å². The number of nitrogens with zero attached hydrogens (tertiary/aromatic N) is 1. The van der Waals surface area contributed by atoms with Gasteiger partial charge in [0, 0.05) is 21.1 Å². The normalized spacial score (nSPS) is 11.0. The molecule has 0 bridgehead atoms. The summed E-state index contributed by atoms with van der Waals surface area (Å²) in [5.74, 6) is -1.65. The monoisotopic (exact) mass is 389 g/mol. The quantitative estimate of drug-likeness (QED) is 0.740. The number of hydrogen-bond donors (Lipinski definition) is 1. The summed E-state index contributed by atoms with van der Waals surface area (Å²) in [6, 6.07) is 11.3. The molecular weight excluding hydrogens is 377 g/mol. The Balaban J connectivity index is 2.50. The van der Waals surface area contributed by atoms with E-state index in [0.29, 0.717) is 11.2 Å². The summed E-state index contributed by atoms with van der Waals surface area (Å²) < 4.78 is 16.2. The van der Waals surface area contributed by atoms with Crippen molar-refractivity contribution in [1.29, 1.82) is 0 Å². The third-order valence-corrected chi connectivity index (χ3v) is 4.58. The van der Waals surface area contributed by atoms with Crippen LogP contribution in [0.3, 0.4) is 0 Å². The maximum atomic E-state index is 13.7. The van der Waals surface area contributed by atoms with Crippen LogP contribution in [-0.2, 0) is 11.2 Å². The first-order valence-corrected chi connectivity index (χ1v) is 8.00. The van der Waals surface area contributed by atoms with E-state index in [-0.39, 0.29) is 10.9 Å². The summed E-state index contributed by atoms with van der Waals surface area (Å²) in [6.07, 6.45) is -0.415. The van der Waals surface area contributed by atoms with Gasteiger partial charge in [-0.3, -0.25) is 9.59 Å². The summed E-state index contributed by atoms with van der Waals surface area (Å²) in [5.41, 5.74) is 1.50. The van der Waals surface area contributed by atoms with Crippen molar-refractivity contribution in [1.82, 2.24) is 4.57 Å². The van der Waals surface area contributed by atoms with Crippen LogP contribution in [0.2, 0.25) is 0 Å². The number of para-hydroxylation sites is 1. The molecule has 2 aromatic carbocycles. The van der Waals surface area contributed by atoms with Crippen LogP contribution in [0.15, 0.2) is 51.7 Å². The van der Waals surface area contributed by atoms with Crippen molar-refractivity contribution in [2.45, 2.75) is 13.3 Å². The van der Waals surface area contributed by atoms with Crippen LogP contribution in [-0.4, -0.2) is 15.6 Å². The van der Waals surface area contributed by atoms with Gasteiger partial charge in [-0.15, -0.1) is 0 Å². The summed E-state index contributed by atoms with van der Waals surface area (Å²) >= 11 is 3.47. The van der Waals surface area contributed by atoms with Gasteiger partial charge in [0.25, 0.3) is 0 Å². The van der Waals surface area contributed by atoms with E-state index in [4.69, 9.17) is 5.11 Å². The molecule has 0 aliphatic carbocycles. The van der Waals surface area contributed by atoms with Crippen molar-refractivity contribution in [2.75, 3.05) is 0 Å². The van der Waals surface area contributed by atoms with E-state index in [0.717, 1.165) is 16.2 Å². The number of carboxylic acids is 1. The summed E-state index contributed by atoms with van der Waals surface area (Å²) in [4.78, 5) is 23.8. The van der Waals surface area contributed by atoms with Crippen LogP contribution in [0.5, 0.6) is 0 Å². The Hall–Kier alpha value is -2.47. The van der Waals surface area contributed by atoms with Crippen LogP contribution in [0.25, 0.3) is 16.6 Å². The fourth-order valence-electron chi connectivity index (χ4n) is 2.83. The zero-order valence-corrected chi connectivity index (χ0v) is 14.3. The molecule has 122 valence electrons. The van der Waals surface area contributed by atoms with Gasteiger partial charge in [-0.05, 0) is 53.2 Å². The molecule has 0 spiro atoms. The Morgan fingerprint density at radius 3 is 2.62 bits per heavy atom. The minimum Gasteiger partial charge on any atom is -0.481 e. The molecule has 0 aliphatic rings. The van der Waals surface area contributed by atoms with Crippen molar-refractivity contribution in [2.24, 2.45) is 0 Å². The molecule has 24 heavy (non-hydrogen) atoms. The number of aromatic nitrogens is 1. The molecule has 0 fully saturated rings. The zero-order valence-electron chi connectivity index (χ0n) is 12.7. The van der Waals surface area contributed by atoms with E-state index >= 15 is 0 Å². The number of rotatable bonds is 3. The minimum atomic E-state index is -1.11. The molecule has 1 N–H and O–H groups in total. The molecule has 1 aromatic heterocycles. The van der Waals surface area contributed by atoms with E-state index in [1.807, 2.05) is 24.3 Å². The number of carboxylic acid groups (broad SMARTS) is 1. The fraction of sp³-hybridized carbons (Fsp3) is 0.111. The van der Waals surface area contributed by atoms with Crippen LogP contribution in [0, 0.1) is 12.7 Å². The van der Waals surface area contributed by atoms with Crippen LogP contribution >= 0.6 is 15.9 Å². The second-order valence-electron chi connectivity index (χ2n) is 5.41. The average molecular weight is 390 g/mol. The Labute approximate surface area is 145 Å². The highest BCUT2D eigenvalue weighted by Gasteiger charge is 2.18. The third-order valence-electron chi connectivity index (χ3n) is 3.91. The Morgan fingerprint density at radius 1 is 1.25 bits per heavy atom. The fourth-order valence-corrected chi connectivity index (χ4v) is 3.29. The largest absolute Gasteiger partial charge is 0.481 e. The molecule has 4 nitrogen and oxygen atoms in total. The summed E-state index contributed by atoms with van der Waals surface area (Å²) in [7, 11) is 0. The van der Waals surface area contributed by atoms with E-state index in [1.54, 1.807) is 11.5 Å². The predicted molar refractivity (Wildman–Crippen MR) is 93.3 cm³/mol. The van der Waals surface area contributed by atoms with Gasteiger partial charge in [-0.1, -0.05) is 12.1 Å². The van der Waals surface area contributed by atoms with Crippen molar-refractivity contribution in [3.63, 3.8) is 0 Å². The maximum absolute atomic E-state index is 13.7. The van der Waals surface area contributed by atoms with Crippen molar-refractivity contribution in [3.8, 4) is 5.69 Å². The van der Waals surface area contributed by atoms with E-state index in [9.17, 15) is 14.0 Å². The molecule has 3 rings (SSSR count). The lowest BCUT2D eigenvalue weighted by atomic mass is 10.0.